The minimum Gasteiger partial charge on any atom is -0.412 e. The fourth-order valence-corrected chi connectivity index (χ4v) is 6.43. The van der Waals surface area contributed by atoms with Gasteiger partial charge in [0.15, 0.2) is 9.84 Å². The van der Waals surface area contributed by atoms with Crippen LogP contribution in [0.25, 0.3) is 11.5 Å². The Kier molecular flexibility index (Phi) is 6.86. The van der Waals surface area contributed by atoms with E-state index < -0.39 is 51.9 Å². The molecule has 1 atom stereocenters. The van der Waals surface area contributed by atoms with Crippen LogP contribution in [0.2, 0.25) is 5.02 Å². The molecule has 0 saturated carbocycles. The second-order valence-electron chi connectivity index (χ2n) is 9.45. The lowest BCUT2D eigenvalue weighted by atomic mass is 10.1. The molecule has 0 spiro atoms. The summed E-state index contributed by atoms with van der Waals surface area (Å²) in [6, 6.07) is 8.31. The van der Waals surface area contributed by atoms with Crippen LogP contribution in [0.15, 0.2) is 45.7 Å². The van der Waals surface area contributed by atoms with E-state index in [1.54, 1.807) is 29.2 Å². The molecule has 0 aliphatic carbocycles. The van der Waals surface area contributed by atoms with Crippen LogP contribution >= 0.6 is 11.6 Å². The number of nitrogens with zero attached hydrogens (tertiary/aromatic N) is 4. The van der Waals surface area contributed by atoms with Crippen LogP contribution in [-0.4, -0.2) is 66.8 Å². The molecule has 14 heteroatoms. The summed E-state index contributed by atoms with van der Waals surface area (Å²) in [7, 11) is -3.94. The van der Waals surface area contributed by atoms with E-state index in [0.29, 0.717) is 5.02 Å². The Labute approximate surface area is 221 Å². The quantitative estimate of drug-likeness (QED) is 0.506. The number of fused-ring (bicyclic) bond motifs is 1. The number of hydrogen-bond donors (Lipinski definition) is 1. The Balaban J connectivity index is 1.52. The summed E-state index contributed by atoms with van der Waals surface area (Å²) >= 11 is 5.97. The molecule has 2 aliphatic rings. The van der Waals surface area contributed by atoms with E-state index >= 15 is 4.39 Å². The van der Waals surface area contributed by atoms with Gasteiger partial charge in [0.1, 0.15) is 5.82 Å². The molecule has 38 heavy (non-hydrogen) atoms. The molecule has 1 aromatic heterocycles. The first-order valence-electron chi connectivity index (χ1n) is 11.7. The molecule has 9 nitrogen and oxygen atoms in total. The van der Waals surface area contributed by atoms with Gasteiger partial charge in [-0.05, 0) is 36.2 Å². The Morgan fingerprint density at radius 2 is 1.95 bits per heavy atom. The van der Waals surface area contributed by atoms with Crippen molar-refractivity contribution in [1.82, 2.24) is 15.1 Å². The van der Waals surface area contributed by atoms with Crippen LogP contribution in [0.1, 0.15) is 29.1 Å². The Morgan fingerprint density at radius 1 is 1.21 bits per heavy atom. The summed E-state index contributed by atoms with van der Waals surface area (Å²) < 4.78 is 74.2. The highest BCUT2D eigenvalue weighted by atomic mass is 35.5. The Bertz CT molecular complexity index is 1480. The van der Waals surface area contributed by atoms with Crippen molar-refractivity contribution in [3.05, 3.63) is 58.7 Å². The second-order valence-corrected chi connectivity index (χ2v) is 11.9. The molecule has 2 N–H and O–H groups in total. The fourth-order valence-electron chi connectivity index (χ4n) is 4.66. The maximum Gasteiger partial charge on any atom is 0.311 e. The number of piperidine rings is 1. The number of carbonyl (C=O) groups excluding carboxylic acids is 1. The minimum atomic E-state index is -3.94. The number of nitrogens with two attached hydrogens (primary N) is 1. The maximum atomic E-state index is 15.3. The molecule has 202 valence electrons. The van der Waals surface area contributed by atoms with Gasteiger partial charge in [-0.2, -0.15) is 0 Å². The van der Waals surface area contributed by atoms with Gasteiger partial charge in [-0.25, -0.2) is 21.6 Å². The van der Waals surface area contributed by atoms with Crippen molar-refractivity contribution in [2.75, 3.05) is 30.3 Å². The average molecular weight is 570 g/mol. The second kappa shape index (κ2) is 9.86. The molecule has 2 aromatic carbocycles. The Hall–Kier alpha value is -3.16. The van der Waals surface area contributed by atoms with Gasteiger partial charge in [-0.1, -0.05) is 23.7 Å². The van der Waals surface area contributed by atoms with Crippen molar-refractivity contribution >= 4 is 33.0 Å². The summed E-state index contributed by atoms with van der Waals surface area (Å²) in [5, 5.41) is 7.91. The van der Waals surface area contributed by atoms with Crippen LogP contribution in [-0.2, 0) is 16.4 Å². The molecule has 1 amide bonds. The molecule has 2 aliphatic heterocycles. The number of likely N-dealkylation sites (tertiary alicyclic amines) is 1. The number of sulfone groups is 1. The number of anilines is 1. The van der Waals surface area contributed by atoms with Gasteiger partial charge in [0.25, 0.3) is 11.8 Å². The molecule has 0 radical (unpaired) electrons. The van der Waals surface area contributed by atoms with Gasteiger partial charge in [0.05, 0.1) is 28.4 Å². The first-order chi connectivity index (χ1) is 17.9. The molecular formula is C24H23ClF3N5O4S. The molecule has 0 bridgehead atoms. The molecule has 3 aromatic rings. The summed E-state index contributed by atoms with van der Waals surface area (Å²) in [4.78, 5) is 15.1. The normalized spacial score (nSPS) is 20.6. The molecule has 3 heterocycles. The van der Waals surface area contributed by atoms with Gasteiger partial charge in [0, 0.05) is 37.1 Å². The number of amides is 1. The third-order valence-corrected chi connectivity index (χ3v) is 8.53. The van der Waals surface area contributed by atoms with E-state index in [1.165, 1.54) is 6.07 Å². The first-order valence-corrected chi connectivity index (χ1v) is 13.8. The van der Waals surface area contributed by atoms with Crippen molar-refractivity contribution in [3.8, 4) is 11.5 Å². The summed E-state index contributed by atoms with van der Waals surface area (Å²) in [6.45, 7) is -0.294. The minimum absolute atomic E-state index is 0.0944. The van der Waals surface area contributed by atoms with E-state index in [-0.39, 0.29) is 54.4 Å². The predicted molar refractivity (Wildman–Crippen MR) is 132 cm³/mol. The predicted octanol–water partition coefficient (Wildman–Crippen LogP) is 3.52. The highest BCUT2D eigenvalue weighted by Crippen LogP contribution is 2.37. The lowest BCUT2D eigenvalue weighted by molar-refractivity contribution is -0.0567. The zero-order chi connectivity index (χ0) is 27.2. The number of carbonyl (C=O) groups is 1. The van der Waals surface area contributed by atoms with Crippen LogP contribution in [0.4, 0.5) is 18.9 Å². The maximum absolute atomic E-state index is 15.3. The van der Waals surface area contributed by atoms with E-state index in [1.807, 2.05) is 0 Å². The average Bonchev–Trinajstić information content (AvgIpc) is 3.30. The number of alkyl halides is 2. The number of benzene rings is 2. The van der Waals surface area contributed by atoms with E-state index in [2.05, 4.69) is 10.2 Å². The van der Waals surface area contributed by atoms with Gasteiger partial charge >= 0.3 is 11.8 Å². The molecule has 5 rings (SSSR count). The third kappa shape index (κ3) is 5.36. The fraction of sp³-hybridized carbons (Fsp3) is 0.375. The molecular weight excluding hydrogens is 547 g/mol. The summed E-state index contributed by atoms with van der Waals surface area (Å²) in [6.07, 6.45) is -0.218. The van der Waals surface area contributed by atoms with Gasteiger partial charge in [-0.3, -0.25) is 4.79 Å². The van der Waals surface area contributed by atoms with Gasteiger partial charge in [-0.15, -0.1) is 10.2 Å². The van der Waals surface area contributed by atoms with E-state index in [9.17, 15) is 22.0 Å². The van der Waals surface area contributed by atoms with Gasteiger partial charge < -0.3 is 20.0 Å². The smallest absolute Gasteiger partial charge is 0.311 e. The van der Waals surface area contributed by atoms with E-state index in [0.717, 1.165) is 16.5 Å². The van der Waals surface area contributed by atoms with Crippen molar-refractivity contribution in [2.24, 2.45) is 5.73 Å². The SMILES string of the molecule is N[C@@H]1CN(Cc2ccc(Cl)cc2)c2cc(-c3nnc(C(=O)N4CCCC(F)(F)C4)o3)c(F)cc2S(=O)(=O)C1. The highest BCUT2D eigenvalue weighted by Gasteiger charge is 2.39. The molecule has 1 saturated heterocycles. The standard InChI is InChI=1S/C24H23ClF3N5O4S/c25-15-4-2-14(3-5-15)10-33-11-16(29)12-38(35,36)20-9-18(26)17(8-19(20)33)21-30-31-22(37-21)23(34)32-7-1-6-24(27,28)13-32/h2-5,8-9,16H,1,6-7,10-13,29H2/t16-/m1/s1. The lowest BCUT2D eigenvalue weighted by Crippen LogP contribution is -2.45. The zero-order valence-electron chi connectivity index (χ0n) is 19.9. The van der Waals surface area contributed by atoms with Crippen molar-refractivity contribution in [2.45, 2.75) is 36.2 Å². The van der Waals surface area contributed by atoms with E-state index in [4.69, 9.17) is 21.8 Å². The van der Waals surface area contributed by atoms with Crippen LogP contribution in [0.3, 0.4) is 0 Å². The van der Waals surface area contributed by atoms with Crippen molar-refractivity contribution in [3.63, 3.8) is 0 Å². The largest absolute Gasteiger partial charge is 0.412 e. The van der Waals surface area contributed by atoms with Crippen LogP contribution in [0, 0.1) is 5.82 Å². The van der Waals surface area contributed by atoms with Crippen molar-refractivity contribution in [1.29, 1.82) is 0 Å². The number of aromatic nitrogens is 2. The lowest BCUT2D eigenvalue weighted by Gasteiger charge is -2.31. The summed E-state index contributed by atoms with van der Waals surface area (Å²) in [5.74, 6) is -6.23. The Morgan fingerprint density at radius 3 is 2.66 bits per heavy atom. The monoisotopic (exact) mass is 569 g/mol. The van der Waals surface area contributed by atoms with Crippen LogP contribution < -0.4 is 10.6 Å². The number of hydrogen-bond acceptors (Lipinski definition) is 8. The topological polar surface area (TPSA) is 123 Å². The highest BCUT2D eigenvalue weighted by molar-refractivity contribution is 7.91. The zero-order valence-corrected chi connectivity index (χ0v) is 21.5. The first kappa shape index (κ1) is 26.4. The number of rotatable bonds is 4. The third-order valence-electron chi connectivity index (χ3n) is 6.42. The molecule has 1 fully saturated rings. The van der Waals surface area contributed by atoms with Crippen molar-refractivity contribution < 1.29 is 30.8 Å². The van der Waals surface area contributed by atoms with Crippen LogP contribution in [0.5, 0.6) is 0 Å². The number of halogens is 4. The van der Waals surface area contributed by atoms with Gasteiger partial charge in [0.2, 0.25) is 0 Å². The summed E-state index contributed by atoms with van der Waals surface area (Å²) in [5.41, 5.74) is 6.83. The molecule has 0 unspecified atom stereocenters.